The van der Waals surface area contributed by atoms with Crippen molar-refractivity contribution in [2.24, 2.45) is 0 Å². The van der Waals surface area contributed by atoms with Crippen LogP contribution in [0.25, 0.3) is 32.3 Å². The third kappa shape index (κ3) is 6.49. The quantitative estimate of drug-likeness (QED) is 0.163. The summed E-state index contributed by atoms with van der Waals surface area (Å²) in [7, 11) is 0. The Morgan fingerprint density at radius 3 is 1.69 bits per heavy atom. The Hall–Kier alpha value is -5.84. The molecule has 4 heteroatoms. The number of anilines is 6. The van der Waals surface area contributed by atoms with E-state index in [0.29, 0.717) is 0 Å². The number of benzene rings is 7. The van der Waals surface area contributed by atoms with E-state index in [9.17, 15) is 0 Å². The Morgan fingerprint density at radius 2 is 1.09 bits per heavy atom. The van der Waals surface area contributed by atoms with Gasteiger partial charge in [-0.3, -0.25) is 0 Å². The molecule has 0 atom stereocenters. The van der Waals surface area contributed by atoms with Gasteiger partial charge in [0.25, 0.3) is 6.71 Å². The molecule has 0 radical (unpaired) electrons. The number of fused-ring (bicyclic) bond motifs is 9. The molecule has 7 aromatic carbocycles. The van der Waals surface area contributed by atoms with E-state index in [-0.39, 0.29) is 28.4 Å². The fourth-order valence-electron chi connectivity index (χ4n) is 11.0. The van der Waals surface area contributed by atoms with E-state index < -0.39 is 0 Å². The van der Waals surface area contributed by atoms with Crippen LogP contribution in [-0.4, -0.2) is 6.71 Å². The van der Waals surface area contributed by atoms with Crippen LogP contribution in [0.3, 0.4) is 0 Å². The minimum absolute atomic E-state index is 0.0237. The van der Waals surface area contributed by atoms with Crippen LogP contribution in [0, 0.1) is 0 Å². The number of hydrogen-bond acceptors (Lipinski definition) is 3. The minimum Gasteiger partial charge on any atom is -0.311 e. The van der Waals surface area contributed by atoms with Crippen LogP contribution in [-0.2, 0) is 28.1 Å². The van der Waals surface area contributed by atoms with Crippen molar-refractivity contribution in [1.82, 2.24) is 0 Å². The molecule has 1 aromatic heterocycles. The van der Waals surface area contributed by atoms with Gasteiger partial charge < -0.3 is 9.80 Å². The SMILES string of the molecule is CCc1ccc(-c2cc3c4c(c2)N(c2ccc(C(C)(C)C)cc2)c2c(sc5cc6c(cc25)-c2ccccc2C6(C)C)B4c2cc(C(C)(C)C)ccc2N3c2ccc(C(C)(C)C)cc2)cc1. The second-order valence-electron chi connectivity index (χ2n) is 22.6. The van der Waals surface area contributed by atoms with Crippen molar-refractivity contribution < 1.29 is 0 Å². The predicted octanol–water partition coefficient (Wildman–Crippen LogP) is 15.4. The second kappa shape index (κ2) is 14.3. The van der Waals surface area contributed by atoms with Crippen molar-refractivity contribution in [2.75, 3.05) is 9.80 Å². The average molecular weight is 865 g/mol. The van der Waals surface area contributed by atoms with Gasteiger partial charge in [-0.05, 0) is 144 Å². The van der Waals surface area contributed by atoms with Gasteiger partial charge in [-0.2, -0.15) is 0 Å². The van der Waals surface area contributed by atoms with E-state index >= 15 is 0 Å². The lowest BCUT2D eigenvalue weighted by molar-refractivity contribution is 0.590. The molecule has 2 aliphatic heterocycles. The van der Waals surface area contributed by atoms with Crippen molar-refractivity contribution in [3.63, 3.8) is 0 Å². The highest BCUT2D eigenvalue weighted by atomic mass is 32.1. The molecular weight excluding hydrogens is 804 g/mol. The van der Waals surface area contributed by atoms with E-state index in [1.807, 2.05) is 11.3 Å². The fourth-order valence-corrected chi connectivity index (χ4v) is 12.4. The third-order valence-corrected chi connectivity index (χ3v) is 16.1. The smallest absolute Gasteiger partial charge is 0.264 e. The van der Waals surface area contributed by atoms with Gasteiger partial charge in [-0.1, -0.05) is 168 Å². The van der Waals surface area contributed by atoms with Crippen LogP contribution in [0.2, 0.25) is 0 Å². The number of thiophene rings is 1. The third-order valence-electron chi connectivity index (χ3n) is 14.9. The first-order valence-corrected chi connectivity index (χ1v) is 24.6. The Kier molecular flexibility index (Phi) is 9.23. The molecule has 0 bridgehead atoms. The summed E-state index contributed by atoms with van der Waals surface area (Å²) in [6.45, 7) is 28.0. The van der Waals surface area contributed by atoms with Crippen molar-refractivity contribution >= 4 is 78.0 Å². The summed E-state index contributed by atoms with van der Waals surface area (Å²) >= 11 is 2.01. The molecule has 1 aliphatic carbocycles. The minimum atomic E-state index is -0.0897. The lowest BCUT2D eigenvalue weighted by Crippen LogP contribution is -2.60. The lowest BCUT2D eigenvalue weighted by Gasteiger charge is -2.44. The molecule has 0 unspecified atom stereocenters. The van der Waals surface area contributed by atoms with E-state index in [1.54, 1.807) is 0 Å². The maximum Gasteiger partial charge on any atom is 0.264 e. The van der Waals surface area contributed by atoms with Gasteiger partial charge in [0.1, 0.15) is 0 Å². The number of nitrogens with zero attached hydrogens (tertiary/aromatic N) is 2. The summed E-state index contributed by atoms with van der Waals surface area (Å²) in [6, 6.07) is 54.7. The molecule has 11 rings (SSSR count). The lowest BCUT2D eigenvalue weighted by atomic mass is 9.36. The number of aryl methyl sites for hydroxylation is 1. The normalized spacial score (nSPS) is 14.9. The average Bonchev–Trinajstić information content (AvgIpc) is 3.75. The zero-order chi connectivity index (χ0) is 45.5. The molecule has 3 aliphatic rings. The van der Waals surface area contributed by atoms with Gasteiger partial charge in [0.15, 0.2) is 0 Å². The zero-order valence-electron chi connectivity index (χ0n) is 40.4. The predicted molar refractivity (Wildman–Crippen MR) is 284 cm³/mol. The zero-order valence-corrected chi connectivity index (χ0v) is 41.2. The molecule has 0 spiro atoms. The van der Waals surface area contributed by atoms with Crippen LogP contribution in [0.4, 0.5) is 34.1 Å². The first-order valence-electron chi connectivity index (χ1n) is 23.8. The van der Waals surface area contributed by atoms with Gasteiger partial charge >= 0.3 is 0 Å². The molecule has 324 valence electrons. The summed E-state index contributed by atoms with van der Waals surface area (Å²) in [5.74, 6) is 0. The summed E-state index contributed by atoms with van der Waals surface area (Å²) in [4.78, 5) is 5.23. The van der Waals surface area contributed by atoms with Crippen molar-refractivity contribution in [3.8, 4) is 22.3 Å². The van der Waals surface area contributed by atoms with Gasteiger partial charge in [-0.25, -0.2) is 0 Å². The Morgan fingerprint density at radius 1 is 0.523 bits per heavy atom. The van der Waals surface area contributed by atoms with Crippen LogP contribution >= 0.6 is 11.3 Å². The van der Waals surface area contributed by atoms with E-state index in [4.69, 9.17) is 0 Å². The van der Waals surface area contributed by atoms with Crippen LogP contribution in [0.1, 0.15) is 116 Å². The molecule has 0 amide bonds. The first kappa shape index (κ1) is 41.8. The van der Waals surface area contributed by atoms with Gasteiger partial charge in [0, 0.05) is 48.7 Å². The van der Waals surface area contributed by atoms with Crippen molar-refractivity contribution in [2.45, 2.75) is 111 Å². The maximum atomic E-state index is 2.65. The van der Waals surface area contributed by atoms with Crippen molar-refractivity contribution in [1.29, 1.82) is 0 Å². The number of hydrogen-bond donors (Lipinski definition) is 0. The van der Waals surface area contributed by atoms with E-state index in [0.717, 1.165) is 6.42 Å². The van der Waals surface area contributed by atoms with E-state index in [1.165, 1.54) is 116 Å². The molecule has 65 heavy (non-hydrogen) atoms. The van der Waals surface area contributed by atoms with Crippen LogP contribution in [0.5, 0.6) is 0 Å². The summed E-state index contributed by atoms with van der Waals surface area (Å²) in [5, 5.41) is 1.33. The topological polar surface area (TPSA) is 6.48 Å². The monoisotopic (exact) mass is 864 g/mol. The molecule has 0 saturated carbocycles. The Labute approximate surface area is 392 Å². The summed E-state index contributed by atoms with van der Waals surface area (Å²) in [6.07, 6.45) is 1.01. The maximum absolute atomic E-state index is 2.65. The van der Waals surface area contributed by atoms with Gasteiger partial charge in [0.2, 0.25) is 0 Å². The number of rotatable bonds is 4. The highest BCUT2D eigenvalue weighted by Gasteiger charge is 2.47. The van der Waals surface area contributed by atoms with Crippen LogP contribution in [0.15, 0.2) is 140 Å². The molecule has 3 heterocycles. The van der Waals surface area contributed by atoms with Gasteiger partial charge in [-0.15, -0.1) is 11.3 Å². The molecule has 0 N–H and O–H groups in total. The molecule has 0 fully saturated rings. The fraction of sp³-hybridized carbons (Fsp3) is 0.279. The second-order valence-corrected chi connectivity index (χ2v) is 23.7. The highest BCUT2D eigenvalue weighted by Crippen LogP contribution is 2.54. The largest absolute Gasteiger partial charge is 0.311 e. The molecule has 0 saturated heterocycles. The van der Waals surface area contributed by atoms with E-state index in [2.05, 4.69) is 232 Å². The summed E-state index contributed by atoms with van der Waals surface area (Å²) in [5.41, 5.74) is 23.6. The molecule has 2 nitrogen and oxygen atoms in total. The molecular formula is C61H61BN2S. The van der Waals surface area contributed by atoms with Crippen molar-refractivity contribution in [3.05, 3.63) is 173 Å². The first-order chi connectivity index (χ1) is 30.8. The van der Waals surface area contributed by atoms with Gasteiger partial charge in [0.05, 0.1) is 5.69 Å². The summed E-state index contributed by atoms with van der Waals surface area (Å²) < 4.78 is 2.77. The van der Waals surface area contributed by atoms with Crippen LogP contribution < -0.4 is 25.5 Å². The molecule has 8 aromatic rings. The Bertz CT molecular complexity index is 3200. The Balaban J connectivity index is 1.27. The standard InChI is InChI=1S/C61H61BN2S/c1-13-37-18-20-38(21-19-37)39-32-52-55-53(33-39)64(44-29-24-41(25-30-44)59(5,6)7)56-47-35-46-45-16-14-15-17-48(45)61(11,12)49(46)36-54(47)65-57(56)62(55)50-34-42(60(8,9)10)26-31-51(50)63(52)43-27-22-40(23-28-43)58(2,3)4/h14-36H,13H2,1-12H3. The highest BCUT2D eigenvalue weighted by molar-refractivity contribution is 7.33.